The van der Waals surface area contributed by atoms with Crippen molar-refractivity contribution in [3.05, 3.63) is 35.9 Å². The van der Waals surface area contributed by atoms with E-state index in [0.29, 0.717) is 24.6 Å². The molecule has 3 rings (SSSR count). The highest BCUT2D eigenvalue weighted by Crippen LogP contribution is 2.24. The lowest BCUT2D eigenvalue weighted by molar-refractivity contribution is -0.133. The number of sulfone groups is 1. The van der Waals surface area contributed by atoms with Gasteiger partial charge in [0.15, 0.2) is 9.84 Å². The van der Waals surface area contributed by atoms with Gasteiger partial charge in [-0.25, -0.2) is 13.4 Å². The van der Waals surface area contributed by atoms with Gasteiger partial charge in [-0.1, -0.05) is 44.2 Å². The van der Waals surface area contributed by atoms with Crippen LogP contribution in [0, 0.1) is 5.92 Å². The molecule has 2 aliphatic rings. The molecule has 1 aromatic rings. The zero-order valence-electron chi connectivity index (χ0n) is 16.3. The predicted molar refractivity (Wildman–Crippen MR) is 108 cm³/mol. The maximum absolute atomic E-state index is 12.7. The van der Waals surface area contributed by atoms with Crippen LogP contribution in [0.5, 0.6) is 0 Å². The topological polar surface area (TPSA) is 95.9 Å². The van der Waals surface area contributed by atoms with Crippen molar-refractivity contribution in [3.63, 3.8) is 0 Å². The van der Waals surface area contributed by atoms with Gasteiger partial charge in [-0.2, -0.15) is 5.10 Å². The van der Waals surface area contributed by atoms with Crippen LogP contribution in [0.4, 0.5) is 0 Å². The zero-order valence-corrected chi connectivity index (χ0v) is 17.1. The average Bonchev–Trinajstić information content (AvgIpc) is 3.02. The third kappa shape index (κ3) is 4.79. The van der Waals surface area contributed by atoms with Crippen LogP contribution >= 0.6 is 0 Å². The van der Waals surface area contributed by atoms with Crippen molar-refractivity contribution in [2.24, 2.45) is 11.0 Å². The number of nitrogens with zero attached hydrogens (tertiary/aromatic N) is 2. The summed E-state index contributed by atoms with van der Waals surface area (Å²) in [5.41, 5.74) is 1.45. The van der Waals surface area contributed by atoms with E-state index >= 15 is 0 Å². The van der Waals surface area contributed by atoms with Gasteiger partial charge in [-0.15, -0.1) is 0 Å². The minimum Gasteiger partial charge on any atom is -0.350 e. The quantitative estimate of drug-likeness (QED) is 0.779. The Morgan fingerprint density at radius 1 is 1.25 bits per heavy atom. The van der Waals surface area contributed by atoms with Crippen LogP contribution in [0.25, 0.3) is 0 Å². The van der Waals surface area contributed by atoms with Crippen LogP contribution in [0.15, 0.2) is 35.4 Å². The molecule has 2 heterocycles. The van der Waals surface area contributed by atoms with Crippen molar-refractivity contribution in [1.82, 2.24) is 10.3 Å². The van der Waals surface area contributed by atoms with Crippen molar-refractivity contribution in [2.75, 3.05) is 18.1 Å². The van der Waals surface area contributed by atoms with Crippen LogP contribution in [0.1, 0.15) is 44.6 Å². The summed E-state index contributed by atoms with van der Waals surface area (Å²) in [5.74, 6) is -0.0144. The van der Waals surface area contributed by atoms with Crippen LogP contribution in [-0.2, 0) is 19.4 Å². The van der Waals surface area contributed by atoms with E-state index in [2.05, 4.69) is 36.4 Å². The fourth-order valence-electron chi connectivity index (χ4n) is 3.73. The smallest absolute Gasteiger partial charge is 0.267 e. The highest BCUT2D eigenvalue weighted by atomic mass is 32.2. The highest BCUT2D eigenvalue weighted by molar-refractivity contribution is 7.91. The minimum atomic E-state index is -3.13. The summed E-state index contributed by atoms with van der Waals surface area (Å²) in [5, 5.41) is 8.40. The summed E-state index contributed by atoms with van der Waals surface area (Å²) in [6.07, 6.45) is 0.823. The van der Waals surface area contributed by atoms with Gasteiger partial charge in [0.05, 0.1) is 17.5 Å². The Labute approximate surface area is 166 Å². The molecule has 2 unspecified atom stereocenters. The monoisotopic (exact) mass is 405 g/mol. The Hall–Kier alpha value is -2.22. The zero-order chi connectivity index (χ0) is 20.3. The Kier molecular flexibility index (Phi) is 6.17. The van der Waals surface area contributed by atoms with Gasteiger partial charge < -0.3 is 5.32 Å². The van der Waals surface area contributed by atoms with Gasteiger partial charge in [0.1, 0.15) is 5.71 Å². The Morgan fingerprint density at radius 2 is 1.96 bits per heavy atom. The second-order valence-electron chi connectivity index (χ2n) is 7.81. The van der Waals surface area contributed by atoms with Gasteiger partial charge in [-0.05, 0) is 17.9 Å². The van der Waals surface area contributed by atoms with Gasteiger partial charge in [0, 0.05) is 25.3 Å². The summed E-state index contributed by atoms with van der Waals surface area (Å²) >= 11 is 0. The molecule has 2 aliphatic heterocycles. The standard InChI is InChI=1S/C20H27N3O4S/c1-14(2)17(15-6-4-3-5-7-15)12-21-20(25)18-8-9-19(24)23(22-18)16-10-11-28(26,27)13-16/h3-7,14,16-17H,8-13H2,1-2H3,(H,21,25). The highest BCUT2D eigenvalue weighted by Gasteiger charge is 2.37. The number of amides is 2. The van der Waals surface area contributed by atoms with E-state index in [1.165, 1.54) is 5.01 Å². The molecule has 2 atom stereocenters. The third-order valence-corrected chi connectivity index (χ3v) is 7.14. The van der Waals surface area contributed by atoms with Crippen molar-refractivity contribution in [2.45, 2.75) is 45.1 Å². The molecule has 152 valence electrons. The van der Waals surface area contributed by atoms with Crippen molar-refractivity contribution >= 4 is 27.4 Å². The molecule has 2 amide bonds. The number of hydrogen-bond donors (Lipinski definition) is 1. The first-order chi connectivity index (χ1) is 13.3. The Balaban J connectivity index is 1.67. The van der Waals surface area contributed by atoms with Crippen LogP contribution < -0.4 is 5.32 Å². The number of hydrogen-bond acceptors (Lipinski definition) is 5. The van der Waals surface area contributed by atoms with E-state index in [0.717, 1.165) is 5.56 Å². The minimum absolute atomic E-state index is 0.0612. The summed E-state index contributed by atoms with van der Waals surface area (Å²) in [4.78, 5) is 24.8. The van der Waals surface area contributed by atoms with Crippen molar-refractivity contribution < 1.29 is 18.0 Å². The second-order valence-corrected chi connectivity index (χ2v) is 10.0. The van der Waals surface area contributed by atoms with E-state index in [1.807, 2.05) is 18.2 Å². The lowest BCUT2D eigenvalue weighted by Crippen LogP contribution is -2.44. The lowest BCUT2D eigenvalue weighted by atomic mass is 9.88. The predicted octanol–water partition coefficient (Wildman–Crippen LogP) is 1.71. The Morgan fingerprint density at radius 3 is 2.57 bits per heavy atom. The average molecular weight is 406 g/mol. The summed E-state index contributed by atoms with van der Waals surface area (Å²) < 4.78 is 23.4. The second kappa shape index (κ2) is 8.43. The fourth-order valence-corrected chi connectivity index (χ4v) is 5.42. The number of carbonyl (C=O) groups excluding carboxylic acids is 2. The molecule has 28 heavy (non-hydrogen) atoms. The molecule has 8 heteroatoms. The van der Waals surface area contributed by atoms with E-state index in [1.54, 1.807) is 0 Å². The molecule has 7 nitrogen and oxygen atoms in total. The number of rotatable bonds is 6. The third-order valence-electron chi connectivity index (χ3n) is 5.39. The van der Waals surface area contributed by atoms with E-state index in [4.69, 9.17) is 0 Å². The van der Waals surface area contributed by atoms with Gasteiger partial charge in [-0.3, -0.25) is 9.59 Å². The first-order valence-corrected chi connectivity index (χ1v) is 11.5. The van der Waals surface area contributed by atoms with E-state index < -0.39 is 15.9 Å². The molecular weight excluding hydrogens is 378 g/mol. The molecule has 1 fully saturated rings. The summed E-state index contributed by atoms with van der Waals surface area (Å²) in [6.45, 7) is 4.71. The summed E-state index contributed by atoms with van der Waals surface area (Å²) in [6, 6.07) is 9.57. The first-order valence-electron chi connectivity index (χ1n) is 9.70. The van der Waals surface area contributed by atoms with Crippen LogP contribution in [0.3, 0.4) is 0 Å². The van der Waals surface area contributed by atoms with E-state index in [9.17, 15) is 18.0 Å². The number of carbonyl (C=O) groups is 2. The van der Waals surface area contributed by atoms with Crippen LogP contribution in [0.2, 0.25) is 0 Å². The normalized spacial score (nSPS) is 22.8. The molecule has 0 aromatic heterocycles. The molecular formula is C20H27N3O4S. The summed E-state index contributed by atoms with van der Waals surface area (Å²) in [7, 11) is -3.13. The fraction of sp³-hybridized carbons (Fsp3) is 0.550. The largest absolute Gasteiger partial charge is 0.350 e. The molecule has 1 saturated heterocycles. The maximum atomic E-state index is 12.7. The molecule has 1 aromatic carbocycles. The maximum Gasteiger partial charge on any atom is 0.267 e. The molecule has 0 saturated carbocycles. The molecule has 0 bridgehead atoms. The molecule has 0 radical (unpaired) electrons. The van der Waals surface area contributed by atoms with E-state index in [-0.39, 0.29) is 42.1 Å². The molecule has 1 N–H and O–H groups in total. The van der Waals surface area contributed by atoms with Gasteiger partial charge >= 0.3 is 0 Å². The van der Waals surface area contributed by atoms with Gasteiger partial charge in [0.25, 0.3) is 5.91 Å². The van der Waals surface area contributed by atoms with Crippen molar-refractivity contribution in [3.8, 4) is 0 Å². The van der Waals surface area contributed by atoms with Crippen molar-refractivity contribution in [1.29, 1.82) is 0 Å². The number of nitrogens with one attached hydrogen (secondary N) is 1. The first kappa shape index (κ1) is 20.5. The van der Waals surface area contributed by atoms with Gasteiger partial charge in [0.2, 0.25) is 5.91 Å². The Bertz CT molecular complexity index is 865. The molecule has 0 spiro atoms. The van der Waals surface area contributed by atoms with Crippen LogP contribution in [-0.4, -0.2) is 55.0 Å². The number of benzene rings is 1. The molecule has 0 aliphatic carbocycles. The number of hydrazone groups is 1. The lowest BCUT2D eigenvalue weighted by Gasteiger charge is -2.28. The SMILES string of the molecule is CC(C)C(CNC(=O)C1=NN(C2CCS(=O)(=O)C2)C(=O)CC1)c1ccccc1.